The third-order valence-electron chi connectivity index (χ3n) is 3.29. The molecule has 0 radical (unpaired) electrons. The zero-order chi connectivity index (χ0) is 16.2. The summed E-state index contributed by atoms with van der Waals surface area (Å²) in [4.78, 5) is 19.6. The molecule has 1 heterocycles. The average molecular weight is 328 g/mol. The molecule has 1 N–H and O–H groups in total. The van der Waals surface area contributed by atoms with Crippen molar-refractivity contribution < 1.29 is 14.3 Å². The topological polar surface area (TPSA) is 73.3 Å². The van der Waals surface area contributed by atoms with E-state index >= 15 is 0 Å². The van der Waals surface area contributed by atoms with Crippen molar-refractivity contribution in [2.24, 2.45) is 0 Å². The Morgan fingerprint density at radius 2 is 1.95 bits per heavy atom. The number of alkyl carbamates (subject to hydrolysis) is 1. The number of carbonyl (C=O) groups is 1. The first-order chi connectivity index (χ1) is 10.3. The summed E-state index contributed by atoms with van der Waals surface area (Å²) in [7, 11) is 0. The first-order valence-electron chi connectivity index (χ1n) is 7.45. The third kappa shape index (κ3) is 5.67. The van der Waals surface area contributed by atoms with E-state index < -0.39 is 5.60 Å². The number of amides is 1. The van der Waals surface area contributed by atoms with Crippen LogP contribution in [0.25, 0.3) is 0 Å². The van der Waals surface area contributed by atoms with Gasteiger partial charge in [-0.05, 0) is 46.5 Å². The summed E-state index contributed by atoms with van der Waals surface area (Å²) in [5.74, 6) is 0.489. The summed E-state index contributed by atoms with van der Waals surface area (Å²) in [6.07, 6.45) is 4.50. The van der Waals surface area contributed by atoms with E-state index in [4.69, 9.17) is 21.1 Å². The third-order valence-corrected chi connectivity index (χ3v) is 3.50. The van der Waals surface area contributed by atoms with Gasteiger partial charge in [0.1, 0.15) is 23.2 Å². The van der Waals surface area contributed by atoms with Gasteiger partial charge in [-0.25, -0.2) is 14.8 Å². The molecular formula is C15H22ClN3O3. The minimum absolute atomic E-state index is 0.0858. The largest absolute Gasteiger partial charge is 0.474 e. The van der Waals surface area contributed by atoms with Gasteiger partial charge in [0.05, 0.1) is 0 Å². The lowest BCUT2D eigenvalue weighted by atomic mass is 9.93. The fraction of sp³-hybridized carbons (Fsp3) is 0.667. The van der Waals surface area contributed by atoms with Crippen molar-refractivity contribution in [1.29, 1.82) is 0 Å². The lowest BCUT2D eigenvalue weighted by Crippen LogP contribution is -2.42. The molecule has 0 atom stereocenters. The van der Waals surface area contributed by atoms with E-state index in [0.29, 0.717) is 11.0 Å². The average Bonchev–Trinajstić information content (AvgIpc) is 2.39. The van der Waals surface area contributed by atoms with Crippen molar-refractivity contribution in [3.05, 3.63) is 17.5 Å². The van der Waals surface area contributed by atoms with Gasteiger partial charge in [0.2, 0.25) is 5.88 Å². The number of hydrogen-bond donors (Lipinski definition) is 1. The molecule has 0 saturated heterocycles. The normalized spacial score (nSPS) is 22.0. The van der Waals surface area contributed by atoms with E-state index in [0.717, 1.165) is 25.7 Å². The van der Waals surface area contributed by atoms with E-state index in [1.165, 1.54) is 6.33 Å². The first-order valence-corrected chi connectivity index (χ1v) is 7.83. The minimum Gasteiger partial charge on any atom is -0.474 e. The molecule has 1 aliphatic carbocycles. The summed E-state index contributed by atoms with van der Waals surface area (Å²) < 4.78 is 11.1. The highest BCUT2D eigenvalue weighted by Gasteiger charge is 2.25. The van der Waals surface area contributed by atoms with Crippen LogP contribution in [-0.4, -0.2) is 33.8 Å². The molecule has 1 fully saturated rings. The molecule has 0 bridgehead atoms. The molecule has 122 valence electrons. The molecule has 2 rings (SSSR count). The molecular weight excluding hydrogens is 306 g/mol. The van der Waals surface area contributed by atoms with Crippen LogP contribution < -0.4 is 10.1 Å². The smallest absolute Gasteiger partial charge is 0.407 e. The maximum absolute atomic E-state index is 11.7. The van der Waals surface area contributed by atoms with Crippen molar-refractivity contribution in [2.45, 2.75) is 64.2 Å². The van der Waals surface area contributed by atoms with Gasteiger partial charge < -0.3 is 14.8 Å². The van der Waals surface area contributed by atoms with Gasteiger partial charge in [0.15, 0.2) is 0 Å². The number of carbonyl (C=O) groups excluding carboxylic acids is 1. The zero-order valence-corrected chi connectivity index (χ0v) is 13.9. The Kier molecular flexibility index (Phi) is 5.45. The molecule has 1 amide bonds. The number of hydrogen-bond acceptors (Lipinski definition) is 5. The van der Waals surface area contributed by atoms with Crippen molar-refractivity contribution in [3.63, 3.8) is 0 Å². The van der Waals surface area contributed by atoms with Crippen LogP contribution in [0.2, 0.25) is 5.15 Å². The van der Waals surface area contributed by atoms with Crippen molar-refractivity contribution in [2.75, 3.05) is 0 Å². The number of halogens is 1. The molecule has 0 spiro atoms. The van der Waals surface area contributed by atoms with Crippen LogP contribution >= 0.6 is 11.6 Å². The monoisotopic (exact) mass is 327 g/mol. The second-order valence-corrected chi connectivity index (χ2v) is 6.80. The SMILES string of the molecule is CC(C)(C)OC(=O)N[C@H]1CC[C@H](Oc2cc(Cl)ncn2)CC1. The van der Waals surface area contributed by atoms with Crippen molar-refractivity contribution in [3.8, 4) is 5.88 Å². The fourth-order valence-corrected chi connectivity index (χ4v) is 2.49. The lowest BCUT2D eigenvalue weighted by molar-refractivity contribution is 0.0469. The van der Waals surface area contributed by atoms with E-state index in [1.54, 1.807) is 6.07 Å². The minimum atomic E-state index is -0.476. The van der Waals surface area contributed by atoms with E-state index in [9.17, 15) is 4.79 Å². The summed E-state index contributed by atoms with van der Waals surface area (Å²) >= 11 is 5.80. The Morgan fingerprint density at radius 3 is 2.55 bits per heavy atom. The fourth-order valence-electron chi connectivity index (χ4n) is 2.35. The summed E-state index contributed by atoms with van der Waals surface area (Å²) in [6, 6.07) is 1.73. The highest BCUT2D eigenvalue weighted by molar-refractivity contribution is 6.29. The maximum Gasteiger partial charge on any atom is 0.407 e. The predicted octanol–water partition coefficient (Wildman–Crippen LogP) is 3.34. The van der Waals surface area contributed by atoms with Gasteiger partial charge in [-0.3, -0.25) is 0 Å². The molecule has 1 aromatic rings. The molecule has 1 saturated carbocycles. The summed E-state index contributed by atoms with van der Waals surface area (Å²) in [6.45, 7) is 5.55. The molecule has 0 aliphatic heterocycles. The van der Waals surface area contributed by atoms with Gasteiger partial charge in [-0.15, -0.1) is 0 Å². The number of nitrogens with one attached hydrogen (secondary N) is 1. The quantitative estimate of drug-likeness (QED) is 0.862. The van der Waals surface area contributed by atoms with Crippen LogP contribution in [0.1, 0.15) is 46.5 Å². The lowest BCUT2D eigenvalue weighted by Gasteiger charge is -2.30. The van der Waals surface area contributed by atoms with Crippen LogP contribution in [0.3, 0.4) is 0 Å². The second kappa shape index (κ2) is 7.13. The van der Waals surface area contributed by atoms with Crippen molar-refractivity contribution in [1.82, 2.24) is 15.3 Å². The number of aromatic nitrogens is 2. The second-order valence-electron chi connectivity index (χ2n) is 6.42. The maximum atomic E-state index is 11.7. The Hall–Kier alpha value is -1.56. The van der Waals surface area contributed by atoms with Gasteiger partial charge in [0.25, 0.3) is 0 Å². The van der Waals surface area contributed by atoms with Gasteiger partial charge in [-0.2, -0.15) is 0 Å². The van der Waals surface area contributed by atoms with Crippen LogP contribution in [0, 0.1) is 0 Å². The zero-order valence-electron chi connectivity index (χ0n) is 13.1. The van der Waals surface area contributed by atoms with Crippen LogP contribution in [0.5, 0.6) is 5.88 Å². The Balaban J connectivity index is 1.75. The summed E-state index contributed by atoms with van der Waals surface area (Å²) in [5.41, 5.74) is -0.476. The van der Waals surface area contributed by atoms with Crippen LogP contribution in [0.15, 0.2) is 12.4 Å². The first kappa shape index (κ1) is 16.8. The number of rotatable bonds is 3. The Bertz CT molecular complexity index is 511. The number of nitrogens with zero attached hydrogens (tertiary/aromatic N) is 2. The van der Waals surface area contributed by atoms with E-state index in [2.05, 4.69) is 15.3 Å². The van der Waals surface area contributed by atoms with Gasteiger partial charge in [-0.1, -0.05) is 11.6 Å². The van der Waals surface area contributed by atoms with Crippen LogP contribution in [0.4, 0.5) is 4.79 Å². The highest BCUT2D eigenvalue weighted by atomic mass is 35.5. The molecule has 22 heavy (non-hydrogen) atoms. The van der Waals surface area contributed by atoms with E-state index in [1.807, 2.05) is 20.8 Å². The molecule has 0 unspecified atom stereocenters. The molecule has 7 heteroatoms. The predicted molar refractivity (Wildman–Crippen MR) is 83.1 cm³/mol. The molecule has 6 nitrogen and oxygen atoms in total. The molecule has 1 aromatic heterocycles. The van der Waals surface area contributed by atoms with Crippen molar-refractivity contribution >= 4 is 17.7 Å². The molecule has 1 aliphatic rings. The standard InChI is InChI=1S/C15H22ClN3O3/c1-15(2,3)22-14(20)19-10-4-6-11(7-5-10)21-13-8-12(16)17-9-18-13/h8-11H,4-7H2,1-3H3,(H,19,20)/t10-,11-. The van der Waals surface area contributed by atoms with Gasteiger partial charge >= 0.3 is 6.09 Å². The van der Waals surface area contributed by atoms with Crippen LogP contribution in [-0.2, 0) is 4.74 Å². The van der Waals surface area contributed by atoms with Gasteiger partial charge in [0, 0.05) is 12.1 Å². The Labute approximate surface area is 135 Å². The highest BCUT2D eigenvalue weighted by Crippen LogP contribution is 2.24. The molecule has 0 aromatic carbocycles. The number of ether oxygens (including phenoxy) is 2. The Morgan fingerprint density at radius 1 is 1.27 bits per heavy atom. The van der Waals surface area contributed by atoms with E-state index in [-0.39, 0.29) is 18.2 Å². The summed E-state index contributed by atoms with van der Waals surface area (Å²) in [5, 5.41) is 3.27.